The molecule has 1 aliphatic carbocycles. The number of nitrogens with two attached hydrogens (primary N) is 1. The van der Waals surface area contributed by atoms with Crippen molar-refractivity contribution < 1.29 is 10.0 Å². The summed E-state index contributed by atoms with van der Waals surface area (Å²) >= 11 is 0. The Balaban J connectivity index is 2.27. The lowest BCUT2D eigenvalue weighted by atomic mass is 9.82. The Labute approximate surface area is 115 Å². The smallest absolute Gasteiger partial charge is 0.332 e. The van der Waals surface area contributed by atoms with Gasteiger partial charge in [-0.05, 0) is 25.7 Å². The first-order valence-corrected chi connectivity index (χ1v) is 6.31. The molecule has 0 atom stereocenters. The first-order chi connectivity index (χ1) is 9.42. The molecular weight excluding hydrogens is 264 g/mol. The molecule has 1 heterocycles. The summed E-state index contributed by atoms with van der Waals surface area (Å²) in [5.41, 5.74) is 2.44. The number of nitrogen functional groups attached to an aromatic ring is 1. The summed E-state index contributed by atoms with van der Waals surface area (Å²) in [6, 6.07) is 0. The van der Waals surface area contributed by atoms with Crippen LogP contribution < -0.4 is 16.2 Å². The van der Waals surface area contributed by atoms with Crippen molar-refractivity contribution in [3.8, 4) is 0 Å². The number of anilines is 2. The molecule has 20 heavy (non-hydrogen) atoms. The van der Waals surface area contributed by atoms with Gasteiger partial charge in [-0.15, -0.1) is 0 Å². The van der Waals surface area contributed by atoms with E-state index in [9.17, 15) is 15.2 Å². The van der Waals surface area contributed by atoms with E-state index in [1.807, 2.05) is 0 Å². The van der Waals surface area contributed by atoms with E-state index in [1.54, 1.807) is 18.9 Å². The second-order valence-corrected chi connectivity index (χ2v) is 5.08. The number of nitro groups is 1. The van der Waals surface area contributed by atoms with E-state index in [2.05, 4.69) is 15.4 Å². The van der Waals surface area contributed by atoms with Gasteiger partial charge in [-0.2, -0.15) is 4.98 Å². The minimum Gasteiger partial charge on any atom is -0.393 e. The van der Waals surface area contributed by atoms with Crippen LogP contribution in [0.5, 0.6) is 0 Å². The van der Waals surface area contributed by atoms with Crippen LogP contribution in [0.15, 0.2) is 0 Å². The maximum Gasteiger partial charge on any atom is 0.332 e. The predicted molar refractivity (Wildman–Crippen MR) is 73.2 cm³/mol. The third-order valence-electron chi connectivity index (χ3n) is 3.46. The van der Waals surface area contributed by atoms with Gasteiger partial charge in [-0.3, -0.25) is 15.5 Å². The van der Waals surface area contributed by atoms with E-state index >= 15 is 0 Å². The number of rotatable bonds is 5. The molecule has 0 aliphatic heterocycles. The van der Waals surface area contributed by atoms with Gasteiger partial charge < -0.3 is 10.0 Å². The van der Waals surface area contributed by atoms with Crippen molar-refractivity contribution in [1.82, 2.24) is 9.97 Å². The molecule has 1 fully saturated rings. The highest BCUT2D eigenvalue weighted by molar-refractivity contribution is 5.62. The molecule has 2 rings (SSSR count). The number of aliphatic hydroxyl groups is 1. The van der Waals surface area contributed by atoms with Gasteiger partial charge in [-0.1, -0.05) is 0 Å². The fourth-order valence-corrected chi connectivity index (χ4v) is 2.42. The maximum atomic E-state index is 11.2. The van der Waals surface area contributed by atoms with Gasteiger partial charge >= 0.3 is 5.69 Å². The maximum absolute atomic E-state index is 11.2. The van der Waals surface area contributed by atoms with E-state index in [0.29, 0.717) is 25.3 Å². The number of aromatic nitrogens is 2. The van der Waals surface area contributed by atoms with Crippen LogP contribution >= 0.6 is 0 Å². The van der Waals surface area contributed by atoms with Crippen LogP contribution in [0.4, 0.5) is 17.5 Å². The molecule has 0 spiro atoms. The zero-order chi connectivity index (χ0) is 14.9. The third-order valence-corrected chi connectivity index (χ3v) is 3.46. The second kappa shape index (κ2) is 5.55. The summed E-state index contributed by atoms with van der Waals surface area (Å²) in [5, 5.41) is 20.5. The van der Waals surface area contributed by atoms with Crippen LogP contribution in [-0.2, 0) is 0 Å². The minimum atomic E-state index is -0.489. The Morgan fingerprint density at radius 3 is 2.70 bits per heavy atom. The summed E-state index contributed by atoms with van der Waals surface area (Å²) in [7, 11) is 1.74. The summed E-state index contributed by atoms with van der Waals surface area (Å²) in [6.07, 6.45) is 1.17. The van der Waals surface area contributed by atoms with Crippen molar-refractivity contribution in [3.63, 3.8) is 0 Å². The SMILES string of the molecule is Cc1nc(NN)nc(N(C)CC2CC(O)C2)c1[N+](=O)[O-]. The first kappa shape index (κ1) is 14.4. The van der Waals surface area contributed by atoms with Crippen molar-refractivity contribution in [1.29, 1.82) is 0 Å². The molecule has 0 unspecified atom stereocenters. The molecule has 1 aromatic rings. The summed E-state index contributed by atoms with van der Waals surface area (Å²) in [4.78, 5) is 20.4. The van der Waals surface area contributed by atoms with Gasteiger partial charge in [0, 0.05) is 13.6 Å². The van der Waals surface area contributed by atoms with Crippen LogP contribution in [-0.4, -0.2) is 39.7 Å². The van der Waals surface area contributed by atoms with Crippen LogP contribution in [0.2, 0.25) is 0 Å². The summed E-state index contributed by atoms with van der Waals surface area (Å²) in [6.45, 7) is 2.14. The molecule has 0 saturated heterocycles. The van der Waals surface area contributed by atoms with Crippen molar-refractivity contribution in [2.75, 3.05) is 23.9 Å². The molecule has 0 bridgehead atoms. The van der Waals surface area contributed by atoms with Crippen molar-refractivity contribution in [3.05, 3.63) is 15.8 Å². The van der Waals surface area contributed by atoms with Gasteiger partial charge in [0.05, 0.1) is 11.0 Å². The standard InChI is InChI=1S/C11H18N6O3/c1-6-9(17(19)20)10(14-11(13-6)15-12)16(2)5-7-3-8(18)4-7/h7-8,18H,3-5,12H2,1-2H3,(H,13,14,15). The minimum absolute atomic E-state index is 0.119. The number of nitrogens with zero attached hydrogens (tertiary/aromatic N) is 4. The van der Waals surface area contributed by atoms with Crippen molar-refractivity contribution in [2.45, 2.75) is 25.9 Å². The second-order valence-electron chi connectivity index (χ2n) is 5.08. The van der Waals surface area contributed by atoms with E-state index in [4.69, 9.17) is 5.84 Å². The monoisotopic (exact) mass is 282 g/mol. The predicted octanol–water partition coefficient (Wildman–Crippen LogP) is 0.186. The Morgan fingerprint density at radius 1 is 1.55 bits per heavy atom. The summed E-state index contributed by atoms with van der Waals surface area (Å²) < 4.78 is 0. The fraction of sp³-hybridized carbons (Fsp3) is 0.636. The van der Waals surface area contributed by atoms with Crippen molar-refractivity contribution >= 4 is 17.5 Å². The fourth-order valence-electron chi connectivity index (χ4n) is 2.42. The quantitative estimate of drug-likeness (QED) is 0.396. The third kappa shape index (κ3) is 2.78. The molecule has 0 aromatic carbocycles. The number of hydrogen-bond donors (Lipinski definition) is 3. The van der Waals surface area contributed by atoms with E-state index < -0.39 is 4.92 Å². The molecule has 0 radical (unpaired) electrons. The number of hydrogen-bond acceptors (Lipinski definition) is 8. The Bertz CT molecular complexity index is 517. The summed E-state index contributed by atoms with van der Waals surface area (Å²) in [5.74, 6) is 5.97. The van der Waals surface area contributed by atoms with E-state index in [0.717, 1.165) is 0 Å². The lowest BCUT2D eigenvalue weighted by Gasteiger charge is -2.34. The lowest BCUT2D eigenvalue weighted by Crippen LogP contribution is -2.37. The molecule has 0 amide bonds. The zero-order valence-electron chi connectivity index (χ0n) is 11.4. The Hall–Kier alpha value is -2.00. The largest absolute Gasteiger partial charge is 0.393 e. The molecule has 1 aliphatic rings. The number of aliphatic hydroxyl groups excluding tert-OH is 1. The highest BCUT2D eigenvalue weighted by Crippen LogP contribution is 2.33. The molecule has 9 heteroatoms. The average Bonchev–Trinajstić information content (AvgIpc) is 2.35. The number of nitrogens with one attached hydrogen (secondary N) is 1. The highest BCUT2D eigenvalue weighted by Gasteiger charge is 2.31. The average molecular weight is 282 g/mol. The lowest BCUT2D eigenvalue weighted by molar-refractivity contribution is -0.385. The Kier molecular flexibility index (Phi) is 4.00. The van der Waals surface area contributed by atoms with Crippen LogP contribution in [0.25, 0.3) is 0 Å². The molecular formula is C11H18N6O3. The van der Waals surface area contributed by atoms with Crippen LogP contribution in [0.1, 0.15) is 18.5 Å². The van der Waals surface area contributed by atoms with E-state index in [-0.39, 0.29) is 29.3 Å². The van der Waals surface area contributed by atoms with Crippen molar-refractivity contribution in [2.24, 2.45) is 11.8 Å². The van der Waals surface area contributed by atoms with Crippen LogP contribution in [0, 0.1) is 23.0 Å². The normalized spacial score (nSPS) is 21.2. The molecule has 9 nitrogen and oxygen atoms in total. The zero-order valence-corrected chi connectivity index (χ0v) is 11.4. The molecule has 4 N–H and O–H groups in total. The van der Waals surface area contributed by atoms with Gasteiger partial charge in [0.15, 0.2) is 0 Å². The van der Waals surface area contributed by atoms with Gasteiger partial charge in [0.1, 0.15) is 5.69 Å². The molecule has 110 valence electrons. The molecule has 1 saturated carbocycles. The Morgan fingerprint density at radius 2 is 2.20 bits per heavy atom. The van der Waals surface area contributed by atoms with Gasteiger partial charge in [0.25, 0.3) is 0 Å². The van der Waals surface area contributed by atoms with Gasteiger partial charge in [-0.25, -0.2) is 10.8 Å². The van der Waals surface area contributed by atoms with Gasteiger partial charge in [0.2, 0.25) is 11.8 Å². The van der Waals surface area contributed by atoms with Crippen LogP contribution in [0.3, 0.4) is 0 Å². The number of hydrazine groups is 1. The highest BCUT2D eigenvalue weighted by atomic mass is 16.6. The molecule has 1 aromatic heterocycles. The topological polar surface area (TPSA) is 130 Å². The first-order valence-electron chi connectivity index (χ1n) is 6.31. The number of aryl methyl sites for hydroxylation is 1. The van der Waals surface area contributed by atoms with E-state index in [1.165, 1.54) is 0 Å².